The molecule has 2 aliphatic rings. The number of aryl methyl sites for hydroxylation is 2. The van der Waals surface area contributed by atoms with Gasteiger partial charge in [-0.05, 0) is 19.4 Å². The molecule has 4 rings (SSSR count). The Labute approximate surface area is 150 Å². The molecule has 134 valence electrons. The van der Waals surface area contributed by atoms with Gasteiger partial charge in [-0.3, -0.25) is 9.48 Å². The molecule has 0 aliphatic carbocycles. The van der Waals surface area contributed by atoms with E-state index in [1.807, 2.05) is 19.4 Å². The highest BCUT2D eigenvalue weighted by Crippen LogP contribution is 2.36. The van der Waals surface area contributed by atoms with Gasteiger partial charge in [0.05, 0.1) is 36.5 Å². The van der Waals surface area contributed by atoms with E-state index in [9.17, 15) is 4.79 Å². The molecule has 2 aromatic heterocycles. The Kier molecular flexibility index (Phi) is 4.35. The van der Waals surface area contributed by atoms with Crippen molar-refractivity contribution < 1.29 is 14.3 Å². The maximum Gasteiger partial charge on any atom is 0.274 e. The Balaban J connectivity index is 1.30. The van der Waals surface area contributed by atoms with Gasteiger partial charge in [-0.1, -0.05) is 0 Å². The van der Waals surface area contributed by atoms with E-state index in [1.54, 1.807) is 33.2 Å². The Hall–Kier alpha value is -1.77. The molecule has 7 nitrogen and oxygen atoms in total. The molecular weight excluding hydrogens is 340 g/mol. The molecule has 0 unspecified atom stereocenters. The van der Waals surface area contributed by atoms with Crippen molar-refractivity contribution in [1.82, 2.24) is 19.7 Å². The molecule has 0 N–H and O–H groups in total. The topological polar surface area (TPSA) is 69.5 Å². The van der Waals surface area contributed by atoms with Crippen molar-refractivity contribution in [3.05, 3.63) is 34.0 Å². The van der Waals surface area contributed by atoms with E-state index in [4.69, 9.17) is 9.47 Å². The first-order valence-electron chi connectivity index (χ1n) is 8.48. The van der Waals surface area contributed by atoms with Crippen molar-refractivity contribution in [3.63, 3.8) is 0 Å². The summed E-state index contributed by atoms with van der Waals surface area (Å²) >= 11 is 1.64. The van der Waals surface area contributed by atoms with Crippen LogP contribution in [0.15, 0.2) is 17.6 Å². The van der Waals surface area contributed by atoms with Crippen molar-refractivity contribution in [1.29, 1.82) is 0 Å². The van der Waals surface area contributed by atoms with E-state index >= 15 is 0 Å². The first kappa shape index (κ1) is 16.7. The summed E-state index contributed by atoms with van der Waals surface area (Å²) in [5.41, 5.74) is 1.22. The second kappa shape index (κ2) is 6.51. The first-order chi connectivity index (χ1) is 12.0. The fraction of sp³-hybridized carbons (Fsp3) is 0.588. The summed E-state index contributed by atoms with van der Waals surface area (Å²) in [7, 11) is 1.81. The maximum absolute atomic E-state index is 12.4. The van der Waals surface area contributed by atoms with Crippen molar-refractivity contribution in [2.75, 3.05) is 19.7 Å². The average Bonchev–Trinajstić information content (AvgIpc) is 3.18. The minimum absolute atomic E-state index is 0.0317. The molecule has 2 aromatic rings. The Morgan fingerprint density at radius 3 is 3.04 bits per heavy atom. The Bertz CT molecular complexity index is 766. The number of amides is 1. The number of carbonyl (C=O) groups excluding carboxylic acids is 1. The quantitative estimate of drug-likeness (QED) is 0.829. The number of hydrogen-bond donors (Lipinski definition) is 0. The molecule has 4 heterocycles. The molecule has 2 saturated heterocycles. The van der Waals surface area contributed by atoms with Gasteiger partial charge >= 0.3 is 0 Å². The lowest BCUT2D eigenvalue weighted by Crippen LogP contribution is -2.67. The van der Waals surface area contributed by atoms with E-state index in [0.29, 0.717) is 32.0 Å². The number of likely N-dealkylation sites (tertiary alicyclic amines) is 1. The van der Waals surface area contributed by atoms with Crippen LogP contribution in [0.1, 0.15) is 34.0 Å². The van der Waals surface area contributed by atoms with Gasteiger partial charge in [-0.15, -0.1) is 11.3 Å². The van der Waals surface area contributed by atoms with Crippen molar-refractivity contribution in [2.24, 2.45) is 7.05 Å². The van der Waals surface area contributed by atoms with Crippen molar-refractivity contribution in [3.8, 4) is 0 Å². The van der Waals surface area contributed by atoms with Crippen LogP contribution in [0, 0.1) is 6.92 Å². The smallest absolute Gasteiger partial charge is 0.274 e. The molecule has 1 atom stereocenters. The molecule has 25 heavy (non-hydrogen) atoms. The highest BCUT2D eigenvalue weighted by Gasteiger charge is 2.50. The highest BCUT2D eigenvalue weighted by molar-refractivity contribution is 7.09. The molecule has 1 spiro atoms. The summed E-state index contributed by atoms with van der Waals surface area (Å²) in [4.78, 5) is 18.7. The molecule has 0 saturated carbocycles. The third-order valence-electron chi connectivity index (χ3n) is 4.76. The standard InChI is InChI=1S/C17H22N4O3S/c1-12-18-13(9-25-12)8-23-14-4-6-24-17(7-14)10-21(11-17)16(22)15-3-5-20(2)19-15/h3,5,9,14H,4,6-8,10-11H2,1-2H3/t14-/m1/s1. The average molecular weight is 362 g/mol. The van der Waals surface area contributed by atoms with Crippen molar-refractivity contribution >= 4 is 17.2 Å². The summed E-state index contributed by atoms with van der Waals surface area (Å²) in [5, 5.41) is 7.28. The van der Waals surface area contributed by atoms with Gasteiger partial charge in [-0.2, -0.15) is 5.10 Å². The lowest BCUT2D eigenvalue weighted by atomic mass is 9.84. The zero-order chi connectivity index (χ0) is 17.4. The molecule has 2 fully saturated rings. The summed E-state index contributed by atoms with van der Waals surface area (Å²) in [6, 6.07) is 1.75. The van der Waals surface area contributed by atoms with Crippen LogP contribution < -0.4 is 0 Å². The molecule has 0 radical (unpaired) electrons. The highest BCUT2D eigenvalue weighted by atomic mass is 32.1. The zero-order valence-electron chi connectivity index (χ0n) is 14.5. The fourth-order valence-electron chi connectivity index (χ4n) is 3.51. The summed E-state index contributed by atoms with van der Waals surface area (Å²) in [5.74, 6) is -0.0317. The van der Waals surface area contributed by atoms with Crippen LogP contribution in [-0.4, -0.2) is 57.0 Å². The second-order valence-corrected chi connectivity index (χ2v) is 7.91. The SMILES string of the molecule is Cc1nc(CO[C@@H]2CCOC3(C2)CN(C(=O)c2ccn(C)n2)C3)cs1. The van der Waals surface area contributed by atoms with Crippen LogP contribution in [0.4, 0.5) is 0 Å². The number of rotatable bonds is 4. The Morgan fingerprint density at radius 2 is 2.36 bits per heavy atom. The van der Waals surface area contributed by atoms with Crippen LogP contribution in [-0.2, 0) is 23.1 Å². The molecule has 8 heteroatoms. The van der Waals surface area contributed by atoms with Crippen LogP contribution >= 0.6 is 11.3 Å². The lowest BCUT2D eigenvalue weighted by molar-refractivity contribution is -0.188. The van der Waals surface area contributed by atoms with Crippen LogP contribution in [0.3, 0.4) is 0 Å². The van der Waals surface area contributed by atoms with Gasteiger partial charge in [0.15, 0.2) is 0 Å². The second-order valence-electron chi connectivity index (χ2n) is 6.85. The molecule has 0 bridgehead atoms. The zero-order valence-corrected chi connectivity index (χ0v) is 15.3. The third kappa shape index (κ3) is 3.47. The Morgan fingerprint density at radius 1 is 1.52 bits per heavy atom. The van der Waals surface area contributed by atoms with E-state index in [1.165, 1.54) is 0 Å². The predicted molar refractivity (Wildman–Crippen MR) is 92.5 cm³/mol. The molecule has 1 amide bonds. The third-order valence-corrected chi connectivity index (χ3v) is 5.58. The van der Waals surface area contributed by atoms with Gasteiger partial charge in [0, 0.05) is 31.7 Å². The molecular formula is C17H22N4O3S. The van der Waals surface area contributed by atoms with Gasteiger partial charge < -0.3 is 14.4 Å². The number of ether oxygens (including phenoxy) is 2. The lowest BCUT2D eigenvalue weighted by Gasteiger charge is -2.52. The summed E-state index contributed by atoms with van der Waals surface area (Å²) < 4.78 is 13.7. The minimum atomic E-state index is -0.259. The van der Waals surface area contributed by atoms with Crippen molar-refractivity contribution in [2.45, 2.75) is 38.1 Å². The van der Waals surface area contributed by atoms with Crippen LogP contribution in [0.25, 0.3) is 0 Å². The van der Waals surface area contributed by atoms with E-state index in [0.717, 1.165) is 23.5 Å². The number of hydrogen-bond acceptors (Lipinski definition) is 6. The fourth-order valence-corrected chi connectivity index (χ4v) is 4.10. The van der Waals surface area contributed by atoms with Crippen LogP contribution in [0.2, 0.25) is 0 Å². The maximum atomic E-state index is 12.4. The largest absolute Gasteiger partial charge is 0.372 e. The van der Waals surface area contributed by atoms with E-state index < -0.39 is 0 Å². The predicted octanol–water partition coefficient (Wildman–Crippen LogP) is 1.78. The van der Waals surface area contributed by atoms with Gasteiger partial charge in [0.25, 0.3) is 5.91 Å². The van der Waals surface area contributed by atoms with E-state index in [-0.39, 0.29) is 17.6 Å². The van der Waals surface area contributed by atoms with Gasteiger partial charge in [0.1, 0.15) is 11.3 Å². The van der Waals surface area contributed by atoms with E-state index in [2.05, 4.69) is 10.1 Å². The van der Waals surface area contributed by atoms with Gasteiger partial charge in [-0.25, -0.2) is 4.98 Å². The summed E-state index contributed by atoms with van der Waals surface area (Å²) in [6.45, 7) is 4.43. The number of thiazole rings is 1. The number of carbonyl (C=O) groups is 1. The minimum Gasteiger partial charge on any atom is -0.372 e. The van der Waals surface area contributed by atoms with Gasteiger partial charge in [0.2, 0.25) is 0 Å². The molecule has 0 aromatic carbocycles. The first-order valence-corrected chi connectivity index (χ1v) is 9.36. The number of nitrogens with zero attached hydrogens (tertiary/aromatic N) is 4. The normalized spacial score (nSPS) is 22.2. The monoisotopic (exact) mass is 362 g/mol. The van der Waals surface area contributed by atoms with Crippen LogP contribution in [0.5, 0.6) is 0 Å². The summed E-state index contributed by atoms with van der Waals surface area (Å²) in [6.07, 6.45) is 3.65. The number of aromatic nitrogens is 3. The molecule has 2 aliphatic heterocycles.